The molecule has 0 radical (unpaired) electrons. The van der Waals surface area contributed by atoms with Crippen molar-refractivity contribution in [1.82, 2.24) is 10.6 Å². The third-order valence-corrected chi connectivity index (χ3v) is 5.77. The van der Waals surface area contributed by atoms with Gasteiger partial charge in [0.15, 0.2) is 0 Å². The van der Waals surface area contributed by atoms with Crippen LogP contribution in [0.3, 0.4) is 0 Å². The Morgan fingerprint density at radius 1 is 0.958 bits per heavy atom. The van der Waals surface area contributed by atoms with Gasteiger partial charge in [0.25, 0.3) is 0 Å². The standard InChI is InChI=1S/C19H20N2OS2/c1-14(16-9-5-11-23-16)21-18(22)13-20-19(17-10-6-12-24-17)15-7-3-2-4-8-15/h2-12,14,19-20H,13H2,1H3,(H,21,22)/t14-,19-/m0/s1. The van der Waals surface area contributed by atoms with E-state index in [1.807, 2.05) is 48.7 Å². The molecule has 0 spiro atoms. The molecule has 0 saturated heterocycles. The SMILES string of the molecule is C[C@H](NC(=O)CN[C@@H](c1ccccc1)c1cccs1)c1cccs1. The van der Waals surface area contributed by atoms with Crippen molar-refractivity contribution in [3.05, 3.63) is 80.7 Å². The molecule has 2 atom stereocenters. The lowest BCUT2D eigenvalue weighted by molar-refractivity contribution is -0.120. The van der Waals surface area contributed by atoms with E-state index in [0.29, 0.717) is 0 Å². The summed E-state index contributed by atoms with van der Waals surface area (Å²) < 4.78 is 0. The molecule has 3 aromatic rings. The molecule has 2 N–H and O–H groups in total. The lowest BCUT2D eigenvalue weighted by Crippen LogP contribution is -2.37. The Morgan fingerprint density at radius 2 is 1.62 bits per heavy atom. The Labute approximate surface area is 150 Å². The van der Waals surface area contributed by atoms with Crippen molar-refractivity contribution in [2.75, 3.05) is 6.54 Å². The first kappa shape index (κ1) is 16.9. The molecule has 24 heavy (non-hydrogen) atoms. The number of amides is 1. The lowest BCUT2D eigenvalue weighted by Gasteiger charge is -2.19. The van der Waals surface area contributed by atoms with E-state index in [1.54, 1.807) is 22.7 Å². The average Bonchev–Trinajstić information content (AvgIpc) is 3.30. The molecule has 2 heterocycles. The Hall–Kier alpha value is -1.95. The van der Waals surface area contributed by atoms with E-state index in [4.69, 9.17) is 0 Å². The molecule has 0 aliphatic heterocycles. The molecule has 124 valence electrons. The Bertz CT molecular complexity index is 739. The van der Waals surface area contributed by atoms with Crippen molar-refractivity contribution >= 4 is 28.6 Å². The first-order chi connectivity index (χ1) is 11.7. The largest absolute Gasteiger partial charge is 0.348 e. The first-order valence-corrected chi connectivity index (χ1v) is 9.64. The van der Waals surface area contributed by atoms with Gasteiger partial charge in [-0.2, -0.15) is 0 Å². The summed E-state index contributed by atoms with van der Waals surface area (Å²) in [5, 5.41) is 10.5. The number of benzene rings is 1. The Kier molecular flexibility index (Phi) is 5.80. The van der Waals surface area contributed by atoms with Crippen molar-refractivity contribution in [2.45, 2.75) is 19.0 Å². The molecule has 1 amide bonds. The third-order valence-electron chi connectivity index (χ3n) is 3.77. The monoisotopic (exact) mass is 356 g/mol. The molecule has 0 bridgehead atoms. The summed E-state index contributed by atoms with van der Waals surface area (Å²) in [6, 6.07) is 18.5. The topological polar surface area (TPSA) is 41.1 Å². The molecule has 0 saturated carbocycles. The molecule has 3 nitrogen and oxygen atoms in total. The maximum absolute atomic E-state index is 12.3. The van der Waals surface area contributed by atoms with Crippen molar-refractivity contribution in [3.8, 4) is 0 Å². The molecule has 0 fully saturated rings. The van der Waals surface area contributed by atoms with Crippen LogP contribution in [0, 0.1) is 0 Å². The van der Waals surface area contributed by atoms with Crippen LogP contribution in [0.5, 0.6) is 0 Å². The molecule has 5 heteroatoms. The van der Waals surface area contributed by atoms with Crippen LogP contribution in [0.1, 0.15) is 34.3 Å². The van der Waals surface area contributed by atoms with Gasteiger partial charge in [0, 0.05) is 9.75 Å². The number of carbonyl (C=O) groups is 1. The van der Waals surface area contributed by atoms with Gasteiger partial charge in [-0.1, -0.05) is 42.5 Å². The molecule has 0 aliphatic rings. The zero-order chi connectivity index (χ0) is 16.8. The Morgan fingerprint density at radius 3 is 2.25 bits per heavy atom. The van der Waals surface area contributed by atoms with Crippen LogP contribution < -0.4 is 10.6 Å². The van der Waals surface area contributed by atoms with Crippen LogP contribution in [0.15, 0.2) is 65.4 Å². The summed E-state index contributed by atoms with van der Waals surface area (Å²) in [7, 11) is 0. The minimum Gasteiger partial charge on any atom is -0.348 e. The molecule has 1 aromatic carbocycles. The number of hydrogen-bond acceptors (Lipinski definition) is 4. The molecule has 0 aliphatic carbocycles. The molecular weight excluding hydrogens is 336 g/mol. The van der Waals surface area contributed by atoms with Gasteiger partial charge in [0.2, 0.25) is 5.91 Å². The number of thiophene rings is 2. The quantitative estimate of drug-likeness (QED) is 0.660. The van der Waals surface area contributed by atoms with Gasteiger partial charge in [-0.05, 0) is 35.4 Å². The van der Waals surface area contributed by atoms with Gasteiger partial charge in [-0.3, -0.25) is 10.1 Å². The second-order valence-electron chi connectivity index (χ2n) is 5.54. The average molecular weight is 357 g/mol. The molecule has 0 unspecified atom stereocenters. The van der Waals surface area contributed by atoms with Crippen LogP contribution >= 0.6 is 22.7 Å². The predicted molar refractivity (Wildman–Crippen MR) is 101 cm³/mol. The lowest BCUT2D eigenvalue weighted by atomic mass is 10.1. The third kappa shape index (κ3) is 4.32. The maximum Gasteiger partial charge on any atom is 0.234 e. The molecule has 3 rings (SSSR count). The molecule has 2 aromatic heterocycles. The van der Waals surface area contributed by atoms with E-state index in [1.165, 1.54) is 15.3 Å². The van der Waals surface area contributed by atoms with Crippen LogP contribution in [-0.2, 0) is 4.79 Å². The summed E-state index contributed by atoms with van der Waals surface area (Å²) >= 11 is 3.36. The van der Waals surface area contributed by atoms with Gasteiger partial charge >= 0.3 is 0 Å². The van der Waals surface area contributed by atoms with Crippen molar-refractivity contribution in [2.24, 2.45) is 0 Å². The van der Waals surface area contributed by atoms with E-state index in [2.05, 4.69) is 34.2 Å². The van der Waals surface area contributed by atoms with E-state index in [0.717, 1.165) is 0 Å². The minimum atomic E-state index is 0.00777. The highest BCUT2D eigenvalue weighted by molar-refractivity contribution is 7.10. The van der Waals surface area contributed by atoms with Gasteiger partial charge in [0.05, 0.1) is 18.6 Å². The minimum absolute atomic E-state index is 0.00777. The van der Waals surface area contributed by atoms with Gasteiger partial charge in [-0.15, -0.1) is 22.7 Å². The smallest absolute Gasteiger partial charge is 0.234 e. The van der Waals surface area contributed by atoms with Crippen LogP contribution in [-0.4, -0.2) is 12.5 Å². The van der Waals surface area contributed by atoms with E-state index in [-0.39, 0.29) is 24.5 Å². The van der Waals surface area contributed by atoms with E-state index < -0.39 is 0 Å². The number of carbonyl (C=O) groups excluding carboxylic acids is 1. The fraction of sp³-hybridized carbons (Fsp3) is 0.211. The number of nitrogens with one attached hydrogen (secondary N) is 2. The summed E-state index contributed by atoms with van der Waals surface area (Å²) in [5.41, 5.74) is 1.17. The van der Waals surface area contributed by atoms with Gasteiger partial charge in [0.1, 0.15) is 0 Å². The highest BCUT2D eigenvalue weighted by atomic mass is 32.1. The molecular formula is C19H20N2OS2. The van der Waals surface area contributed by atoms with Crippen molar-refractivity contribution < 1.29 is 4.79 Å². The summed E-state index contributed by atoms with van der Waals surface area (Å²) in [4.78, 5) is 14.7. The predicted octanol–water partition coefficient (Wildman–Crippen LogP) is 4.37. The van der Waals surface area contributed by atoms with Crippen LogP contribution in [0.2, 0.25) is 0 Å². The zero-order valence-corrected chi connectivity index (χ0v) is 15.1. The second-order valence-corrected chi connectivity index (χ2v) is 7.50. The van der Waals surface area contributed by atoms with Crippen LogP contribution in [0.4, 0.5) is 0 Å². The summed E-state index contributed by atoms with van der Waals surface area (Å²) in [5.74, 6) is 0.00777. The maximum atomic E-state index is 12.3. The fourth-order valence-electron chi connectivity index (χ4n) is 2.58. The highest BCUT2D eigenvalue weighted by Crippen LogP contribution is 2.25. The first-order valence-electron chi connectivity index (χ1n) is 7.88. The van der Waals surface area contributed by atoms with Gasteiger partial charge in [-0.25, -0.2) is 0 Å². The number of rotatable bonds is 7. The summed E-state index contributed by atoms with van der Waals surface area (Å²) in [6.45, 7) is 2.30. The second kappa shape index (κ2) is 8.24. The van der Waals surface area contributed by atoms with Crippen LogP contribution in [0.25, 0.3) is 0 Å². The fourth-order valence-corrected chi connectivity index (χ4v) is 4.14. The van der Waals surface area contributed by atoms with Crippen molar-refractivity contribution in [3.63, 3.8) is 0 Å². The Balaban J connectivity index is 1.62. The van der Waals surface area contributed by atoms with Gasteiger partial charge < -0.3 is 5.32 Å². The van der Waals surface area contributed by atoms with Crippen molar-refractivity contribution in [1.29, 1.82) is 0 Å². The normalized spacial score (nSPS) is 13.4. The highest BCUT2D eigenvalue weighted by Gasteiger charge is 2.17. The zero-order valence-electron chi connectivity index (χ0n) is 13.4. The summed E-state index contributed by atoms with van der Waals surface area (Å²) in [6.07, 6.45) is 0. The van der Waals surface area contributed by atoms with E-state index >= 15 is 0 Å². The number of hydrogen-bond donors (Lipinski definition) is 2. The van der Waals surface area contributed by atoms with E-state index in [9.17, 15) is 4.79 Å².